The van der Waals surface area contributed by atoms with Gasteiger partial charge in [0.25, 0.3) is 0 Å². The first-order chi connectivity index (χ1) is 8.99. The molecule has 0 bridgehead atoms. The minimum Gasteiger partial charge on any atom is -0.445 e. The van der Waals surface area contributed by atoms with Crippen LogP contribution in [-0.2, 0) is 6.42 Å². The van der Waals surface area contributed by atoms with Crippen molar-refractivity contribution in [2.45, 2.75) is 20.3 Å². The molecule has 2 heterocycles. The molecule has 0 saturated heterocycles. The highest BCUT2D eigenvalue weighted by atomic mass is 79.9. The molecule has 0 atom stereocenters. The molecule has 0 aromatic carbocycles. The second-order valence-electron chi connectivity index (χ2n) is 4.65. The van der Waals surface area contributed by atoms with Gasteiger partial charge in [-0.2, -0.15) is 0 Å². The van der Waals surface area contributed by atoms with Crippen molar-refractivity contribution in [1.82, 2.24) is 9.97 Å². The van der Waals surface area contributed by atoms with Gasteiger partial charge in [0.15, 0.2) is 16.3 Å². The maximum Gasteiger partial charge on any atom is 0.197 e. The van der Waals surface area contributed by atoms with Crippen LogP contribution in [0.25, 0.3) is 11.6 Å². The molecule has 2 aromatic rings. The number of hydrogen-bond donors (Lipinski definition) is 1. The van der Waals surface area contributed by atoms with Crippen molar-refractivity contribution in [2.24, 2.45) is 5.92 Å². The number of nitrogens with one attached hydrogen (secondary N) is 1. The molecule has 0 aliphatic carbocycles. The van der Waals surface area contributed by atoms with Crippen molar-refractivity contribution < 1.29 is 4.42 Å². The lowest BCUT2D eigenvalue weighted by Gasteiger charge is -2.08. The van der Waals surface area contributed by atoms with E-state index in [4.69, 9.17) is 4.42 Å². The molecule has 1 N–H and O–H groups in total. The molecule has 4 nitrogen and oxygen atoms in total. The van der Waals surface area contributed by atoms with E-state index in [1.54, 1.807) is 0 Å². The van der Waals surface area contributed by atoms with Crippen molar-refractivity contribution in [3.8, 4) is 11.6 Å². The highest BCUT2D eigenvalue weighted by Crippen LogP contribution is 2.31. The Labute approximate surface area is 129 Å². The van der Waals surface area contributed by atoms with Crippen molar-refractivity contribution >= 4 is 37.7 Å². The number of anilines is 1. The summed E-state index contributed by atoms with van der Waals surface area (Å²) in [6, 6.07) is 3.83. The zero-order valence-corrected chi connectivity index (χ0v) is 14.2. The first-order valence-electron chi connectivity index (χ1n) is 6.00. The lowest BCUT2D eigenvalue weighted by Crippen LogP contribution is -2.03. The van der Waals surface area contributed by atoms with Gasteiger partial charge in [0.1, 0.15) is 5.82 Å². The van der Waals surface area contributed by atoms with Crippen LogP contribution in [0.5, 0.6) is 0 Å². The SMILES string of the molecule is CNc1cc(CC(C)C)nc(-c2cc(Br)c(Br)o2)n1. The van der Waals surface area contributed by atoms with Crippen molar-refractivity contribution in [3.63, 3.8) is 0 Å². The number of rotatable bonds is 4. The van der Waals surface area contributed by atoms with Gasteiger partial charge in [0.2, 0.25) is 0 Å². The third kappa shape index (κ3) is 3.57. The van der Waals surface area contributed by atoms with E-state index in [2.05, 4.69) is 61.0 Å². The average Bonchev–Trinajstić information content (AvgIpc) is 2.68. The van der Waals surface area contributed by atoms with Crippen LogP contribution in [0.4, 0.5) is 5.82 Å². The summed E-state index contributed by atoms with van der Waals surface area (Å²) in [5.41, 5.74) is 1.01. The van der Waals surface area contributed by atoms with Gasteiger partial charge in [-0.3, -0.25) is 0 Å². The van der Waals surface area contributed by atoms with Gasteiger partial charge in [0.05, 0.1) is 4.47 Å². The fraction of sp³-hybridized carbons (Fsp3) is 0.385. The summed E-state index contributed by atoms with van der Waals surface area (Å²) in [4.78, 5) is 8.99. The summed E-state index contributed by atoms with van der Waals surface area (Å²) in [7, 11) is 1.85. The smallest absolute Gasteiger partial charge is 0.197 e. The normalized spacial score (nSPS) is 11.1. The first kappa shape index (κ1) is 14.5. The largest absolute Gasteiger partial charge is 0.445 e. The van der Waals surface area contributed by atoms with Crippen molar-refractivity contribution in [2.75, 3.05) is 12.4 Å². The van der Waals surface area contributed by atoms with E-state index in [0.29, 0.717) is 22.2 Å². The Hall–Kier alpha value is -0.880. The molecule has 0 unspecified atom stereocenters. The molecular formula is C13H15Br2N3O. The second-order valence-corrected chi connectivity index (χ2v) is 6.22. The Morgan fingerprint density at radius 3 is 2.53 bits per heavy atom. The molecule has 102 valence electrons. The van der Waals surface area contributed by atoms with E-state index < -0.39 is 0 Å². The summed E-state index contributed by atoms with van der Waals surface area (Å²) in [6.07, 6.45) is 0.910. The molecule has 2 aromatic heterocycles. The van der Waals surface area contributed by atoms with Crippen LogP contribution in [0.15, 0.2) is 25.7 Å². The molecular weight excluding hydrogens is 374 g/mol. The van der Waals surface area contributed by atoms with Gasteiger partial charge < -0.3 is 9.73 Å². The number of hydrogen-bond acceptors (Lipinski definition) is 4. The summed E-state index contributed by atoms with van der Waals surface area (Å²) in [5, 5.41) is 3.06. The van der Waals surface area contributed by atoms with E-state index in [9.17, 15) is 0 Å². The van der Waals surface area contributed by atoms with Crippen LogP contribution in [0.2, 0.25) is 0 Å². The lowest BCUT2D eigenvalue weighted by atomic mass is 10.1. The van der Waals surface area contributed by atoms with Gasteiger partial charge in [-0.15, -0.1) is 0 Å². The maximum atomic E-state index is 5.58. The Bertz CT molecular complexity index is 562. The molecule has 2 rings (SSSR count). The Morgan fingerprint density at radius 1 is 1.26 bits per heavy atom. The van der Waals surface area contributed by atoms with Crippen LogP contribution in [0.3, 0.4) is 0 Å². The van der Waals surface area contributed by atoms with Gasteiger partial charge in [0, 0.05) is 24.9 Å². The molecule has 0 amide bonds. The highest BCUT2D eigenvalue weighted by molar-refractivity contribution is 9.13. The fourth-order valence-electron chi connectivity index (χ4n) is 1.72. The van der Waals surface area contributed by atoms with Crippen molar-refractivity contribution in [3.05, 3.63) is 27.0 Å². The first-order valence-corrected chi connectivity index (χ1v) is 7.59. The molecule has 0 aliphatic heterocycles. The molecule has 6 heteroatoms. The zero-order valence-electron chi connectivity index (χ0n) is 11.0. The van der Waals surface area contributed by atoms with Gasteiger partial charge in [-0.25, -0.2) is 9.97 Å². The standard InChI is InChI=1S/C13H15Br2N3O/c1-7(2)4-8-5-11(16-3)18-13(17-8)10-6-9(14)12(15)19-10/h5-7H,4H2,1-3H3,(H,16,17,18). The van der Waals surface area contributed by atoms with E-state index in [-0.39, 0.29) is 0 Å². The maximum absolute atomic E-state index is 5.58. The van der Waals surface area contributed by atoms with Crippen molar-refractivity contribution in [1.29, 1.82) is 0 Å². The molecule has 0 fully saturated rings. The van der Waals surface area contributed by atoms with E-state index in [1.165, 1.54) is 0 Å². The van der Waals surface area contributed by atoms with E-state index in [1.807, 2.05) is 19.2 Å². The van der Waals surface area contributed by atoms with Crippen LogP contribution < -0.4 is 5.32 Å². The highest BCUT2D eigenvalue weighted by Gasteiger charge is 2.13. The predicted molar refractivity (Wildman–Crippen MR) is 83.2 cm³/mol. The number of halogens is 2. The summed E-state index contributed by atoms with van der Waals surface area (Å²) in [6.45, 7) is 4.34. The number of nitrogens with zero attached hydrogens (tertiary/aromatic N) is 2. The minimum atomic E-state index is 0.544. The van der Waals surface area contributed by atoms with E-state index in [0.717, 1.165) is 22.4 Å². The summed E-state index contributed by atoms with van der Waals surface area (Å²) < 4.78 is 7.07. The Kier molecular flexibility index (Phi) is 4.62. The Balaban J connectivity index is 2.44. The summed E-state index contributed by atoms with van der Waals surface area (Å²) >= 11 is 6.72. The van der Waals surface area contributed by atoms with Gasteiger partial charge in [-0.1, -0.05) is 13.8 Å². The third-order valence-electron chi connectivity index (χ3n) is 2.52. The fourth-order valence-corrected chi connectivity index (χ4v) is 2.29. The summed E-state index contributed by atoms with van der Waals surface area (Å²) in [5.74, 6) is 2.57. The Morgan fingerprint density at radius 2 is 2.00 bits per heavy atom. The molecule has 0 saturated carbocycles. The van der Waals surface area contributed by atoms with Crippen LogP contribution in [-0.4, -0.2) is 17.0 Å². The molecule has 0 aliphatic rings. The predicted octanol–water partition coefficient (Wildman–Crippen LogP) is 4.50. The monoisotopic (exact) mass is 387 g/mol. The van der Waals surface area contributed by atoms with Gasteiger partial charge in [-0.05, 0) is 44.2 Å². The minimum absolute atomic E-state index is 0.544. The van der Waals surface area contributed by atoms with Crippen LogP contribution in [0, 0.1) is 5.92 Å². The third-order valence-corrected chi connectivity index (χ3v) is 4.23. The second kappa shape index (κ2) is 6.05. The number of furan rings is 1. The topological polar surface area (TPSA) is 51.0 Å². The quantitative estimate of drug-likeness (QED) is 0.837. The zero-order chi connectivity index (χ0) is 14.0. The molecule has 0 radical (unpaired) electrons. The molecule has 19 heavy (non-hydrogen) atoms. The van der Waals surface area contributed by atoms with Crippen LogP contribution in [0.1, 0.15) is 19.5 Å². The average molecular weight is 389 g/mol. The molecule has 0 spiro atoms. The van der Waals surface area contributed by atoms with E-state index >= 15 is 0 Å². The number of aromatic nitrogens is 2. The lowest BCUT2D eigenvalue weighted by molar-refractivity contribution is 0.548. The van der Waals surface area contributed by atoms with Gasteiger partial charge >= 0.3 is 0 Å². The van der Waals surface area contributed by atoms with Crippen LogP contribution >= 0.6 is 31.9 Å².